The average molecular weight is 239 g/mol. The minimum absolute atomic E-state index is 0.177. The van der Waals surface area contributed by atoms with Gasteiger partial charge in [-0.05, 0) is 36.4 Å². The third-order valence-electron chi connectivity index (χ3n) is 2.67. The van der Waals surface area contributed by atoms with E-state index in [1.165, 1.54) is 0 Å². The third-order valence-corrected chi connectivity index (χ3v) is 2.67. The van der Waals surface area contributed by atoms with E-state index in [2.05, 4.69) is 11.4 Å². The Morgan fingerprint density at radius 2 is 1.89 bits per heavy atom. The second kappa shape index (κ2) is 5.11. The summed E-state index contributed by atoms with van der Waals surface area (Å²) in [5.74, 6) is 0.177. The number of hydrogen-bond acceptors (Lipinski definition) is 4. The van der Waals surface area contributed by atoms with Crippen LogP contribution in [0.5, 0.6) is 5.75 Å². The molecule has 0 bridgehead atoms. The van der Waals surface area contributed by atoms with E-state index in [-0.39, 0.29) is 5.75 Å². The molecule has 2 aromatic carbocycles. The number of nitrogens with two attached hydrogens (primary N) is 1. The van der Waals surface area contributed by atoms with E-state index in [9.17, 15) is 5.11 Å². The Hall–Kier alpha value is -2.67. The predicted molar refractivity (Wildman–Crippen MR) is 71.0 cm³/mol. The highest BCUT2D eigenvalue weighted by Crippen LogP contribution is 2.24. The number of aromatic hydroxyl groups is 1. The molecule has 0 unspecified atom stereocenters. The molecule has 0 radical (unpaired) electrons. The maximum atomic E-state index is 9.69. The van der Waals surface area contributed by atoms with Crippen LogP contribution < -0.4 is 11.1 Å². The van der Waals surface area contributed by atoms with Gasteiger partial charge in [-0.15, -0.1) is 0 Å². The molecule has 2 rings (SSSR count). The number of nitrogens with one attached hydrogen (secondary N) is 1. The summed E-state index contributed by atoms with van der Waals surface area (Å²) in [4.78, 5) is 0. The normalized spacial score (nSPS) is 9.72. The Balaban J connectivity index is 2.09. The Kier molecular flexibility index (Phi) is 3.35. The van der Waals surface area contributed by atoms with Crippen LogP contribution in [0.15, 0.2) is 42.5 Å². The van der Waals surface area contributed by atoms with Crippen molar-refractivity contribution in [3.05, 3.63) is 53.6 Å². The molecule has 0 aliphatic carbocycles. The van der Waals surface area contributed by atoms with Crippen LogP contribution in [0.1, 0.15) is 11.1 Å². The highest BCUT2D eigenvalue weighted by molar-refractivity contribution is 5.56. The van der Waals surface area contributed by atoms with Gasteiger partial charge in [-0.2, -0.15) is 5.26 Å². The fourth-order valence-corrected chi connectivity index (χ4v) is 1.64. The second-order valence-electron chi connectivity index (χ2n) is 3.89. The highest BCUT2D eigenvalue weighted by atomic mass is 16.3. The average Bonchev–Trinajstić information content (AvgIpc) is 2.39. The first kappa shape index (κ1) is 11.8. The molecule has 4 nitrogen and oxygen atoms in total. The standard InChI is InChI=1S/C14H13N3O/c15-8-10-4-6-11(7-5-10)17-9-12-13(16)2-1-3-14(12)18/h1-7,17-18H,9,16H2. The highest BCUT2D eigenvalue weighted by Gasteiger charge is 2.04. The van der Waals surface area contributed by atoms with Gasteiger partial charge >= 0.3 is 0 Å². The summed E-state index contributed by atoms with van der Waals surface area (Å²) in [6.45, 7) is 0.435. The molecule has 0 aliphatic heterocycles. The SMILES string of the molecule is N#Cc1ccc(NCc2c(N)cccc2O)cc1. The fourth-order valence-electron chi connectivity index (χ4n) is 1.64. The van der Waals surface area contributed by atoms with Crippen LogP contribution in [0.25, 0.3) is 0 Å². The van der Waals surface area contributed by atoms with Crippen molar-refractivity contribution in [2.24, 2.45) is 0 Å². The van der Waals surface area contributed by atoms with E-state index in [4.69, 9.17) is 11.0 Å². The first-order chi connectivity index (χ1) is 8.70. The second-order valence-corrected chi connectivity index (χ2v) is 3.89. The topological polar surface area (TPSA) is 82.1 Å². The quantitative estimate of drug-likeness (QED) is 0.718. The number of anilines is 2. The van der Waals surface area contributed by atoms with Crippen molar-refractivity contribution in [1.82, 2.24) is 0 Å². The van der Waals surface area contributed by atoms with Crippen molar-refractivity contribution in [3.8, 4) is 11.8 Å². The van der Waals surface area contributed by atoms with Crippen molar-refractivity contribution in [2.75, 3.05) is 11.1 Å². The predicted octanol–water partition coefficient (Wildman–Crippen LogP) is 2.46. The van der Waals surface area contributed by atoms with E-state index in [1.54, 1.807) is 30.3 Å². The zero-order valence-corrected chi connectivity index (χ0v) is 9.72. The summed E-state index contributed by atoms with van der Waals surface area (Å²) < 4.78 is 0. The maximum absolute atomic E-state index is 9.69. The molecule has 2 aromatic rings. The molecule has 0 aliphatic rings. The molecule has 0 spiro atoms. The van der Waals surface area contributed by atoms with E-state index >= 15 is 0 Å². The van der Waals surface area contributed by atoms with Gasteiger partial charge in [-0.3, -0.25) is 0 Å². The maximum Gasteiger partial charge on any atom is 0.122 e. The lowest BCUT2D eigenvalue weighted by molar-refractivity contribution is 0.469. The van der Waals surface area contributed by atoms with Gasteiger partial charge in [0.25, 0.3) is 0 Å². The summed E-state index contributed by atoms with van der Waals surface area (Å²) in [7, 11) is 0. The zero-order valence-electron chi connectivity index (χ0n) is 9.72. The molecule has 0 saturated carbocycles. The molecule has 0 aromatic heterocycles. The van der Waals surface area contributed by atoms with Crippen LogP contribution >= 0.6 is 0 Å². The van der Waals surface area contributed by atoms with Gasteiger partial charge < -0.3 is 16.2 Å². The van der Waals surface area contributed by atoms with Crippen molar-refractivity contribution < 1.29 is 5.11 Å². The lowest BCUT2D eigenvalue weighted by Gasteiger charge is -2.10. The number of phenols is 1. The van der Waals surface area contributed by atoms with Crippen molar-refractivity contribution >= 4 is 11.4 Å². The number of nitrogen functional groups attached to an aromatic ring is 1. The summed E-state index contributed by atoms with van der Waals surface area (Å²) in [5, 5.41) is 21.5. The summed E-state index contributed by atoms with van der Waals surface area (Å²) in [5.41, 5.74) is 8.49. The Labute approximate surface area is 105 Å². The lowest BCUT2D eigenvalue weighted by Crippen LogP contribution is -2.03. The molecule has 0 saturated heterocycles. The van der Waals surface area contributed by atoms with Gasteiger partial charge in [0.15, 0.2) is 0 Å². The van der Waals surface area contributed by atoms with Crippen molar-refractivity contribution in [2.45, 2.75) is 6.54 Å². The van der Waals surface area contributed by atoms with Crippen LogP contribution in [-0.4, -0.2) is 5.11 Å². The minimum Gasteiger partial charge on any atom is -0.508 e. The Bertz CT molecular complexity index is 565. The number of hydrogen-bond donors (Lipinski definition) is 3. The minimum atomic E-state index is 0.177. The molecule has 4 N–H and O–H groups in total. The number of nitrogens with zero attached hydrogens (tertiary/aromatic N) is 1. The summed E-state index contributed by atoms with van der Waals surface area (Å²) >= 11 is 0. The van der Waals surface area contributed by atoms with E-state index in [0.29, 0.717) is 23.4 Å². The molecular formula is C14H13N3O. The molecule has 0 fully saturated rings. The number of benzene rings is 2. The first-order valence-electron chi connectivity index (χ1n) is 5.51. The Morgan fingerprint density at radius 1 is 1.17 bits per heavy atom. The largest absolute Gasteiger partial charge is 0.508 e. The monoisotopic (exact) mass is 239 g/mol. The van der Waals surface area contributed by atoms with Crippen molar-refractivity contribution in [1.29, 1.82) is 5.26 Å². The molecular weight excluding hydrogens is 226 g/mol. The van der Waals surface area contributed by atoms with Crippen LogP contribution in [0.3, 0.4) is 0 Å². The molecule has 0 atom stereocenters. The number of rotatable bonds is 3. The summed E-state index contributed by atoms with van der Waals surface area (Å²) in [6, 6.07) is 14.2. The van der Waals surface area contributed by atoms with Crippen LogP contribution in [0, 0.1) is 11.3 Å². The molecule has 0 amide bonds. The van der Waals surface area contributed by atoms with Crippen LogP contribution in [0.4, 0.5) is 11.4 Å². The molecule has 0 heterocycles. The van der Waals surface area contributed by atoms with E-state index in [1.807, 2.05) is 12.1 Å². The van der Waals surface area contributed by atoms with Crippen LogP contribution in [-0.2, 0) is 6.54 Å². The number of nitriles is 1. The Morgan fingerprint density at radius 3 is 2.50 bits per heavy atom. The molecule has 90 valence electrons. The van der Waals surface area contributed by atoms with Crippen molar-refractivity contribution in [3.63, 3.8) is 0 Å². The van der Waals surface area contributed by atoms with Gasteiger partial charge in [-0.25, -0.2) is 0 Å². The fraction of sp³-hybridized carbons (Fsp3) is 0.0714. The zero-order chi connectivity index (χ0) is 13.0. The van der Waals surface area contributed by atoms with Gasteiger partial charge in [0.1, 0.15) is 5.75 Å². The molecule has 18 heavy (non-hydrogen) atoms. The smallest absolute Gasteiger partial charge is 0.122 e. The van der Waals surface area contributed by atoms with Gasteiger partial charge in [0.05, 0.1) is 11.6 Å². The van der Waals surface area contributed by atoms with Crippen LogP contribution in [0.2, 0.25) is 0 Å². The van der Waals surface area contributed by atoms with E-state index in [0.717, 1.165) is 5.69 Å². The first-order valence-corrected chi connectivity index (χ1v) is 5.51. The van der Waals surface area contributed by atoms with Gasteiger partial charge in [0, 0.05) is 23.5 Å². The molecule has 4 heteroatoms. The lowest BCUT2D eigenvalue weighted by atomic mass is 10.1. The number of phenolic OH excluding ortho intramolecular Hbond substituents is 1. The summed E-state index contributed by atoms with van der Waals surface area (Å²) in [6.07, 6.45) is 0. The van der Waals surface area contributed by atoms with Gasteiger partial charge in [0.2, 0.25) is 0 Å². The third kappa shape index (κ3) is 2.53. The van der Waals surface area contributed by atoms with E-state index < -0.39 is 0 Å². The van der Waals surface area contributed by atoms with Gasteiger partial charge in [-0.1, -0.05) is 6.07 Å².